The molecule has 3 nitrogen and oxygen atoms in total. The predicted molar refractivity (Wildman–Crippen MR) is 42.8 cm³/mol. The van der Waals surface area contributed by atoms with E-state index in [1.165, 1.54) is 5.06 Å². The number of halogens is 1. The molecule has 0 heterocycles. The van der Waals surface area contributed by atoms with Crippen LogP contribution in [0.1, 0.15) is 13.8 Å². The van der Waals surface area contributed by atoms with E-state index >= 15 is 0 Å². The molecule has 60 valence electrons. The van der Waals surface area contributed by atoms with Crippen LogP contribution in [0, 0.1) is 0 Å². The summed E-state index contributed by atoms with van der Waals surface area (Å²) in [6.07, 6.45) is 0. The van der Waals surface area contributed by atoms with E-state index in [0.29, 0.717) is 0 Å². The van der Waals surface area contributed by atoms with Crippen LogP contribution in [0.3, 0.4) is 0 Å². The number of nitrogens with zero attached hydrogens (tertiary/aromatic N) is 1. The molecular weight excluding hydrogens is 198 g/mol. The molecule has 0 atom stereocenters. The minimum absolute atomic E-state index is 0.294. The van der Waals surface area contributed by atoms with Crippen LogP contribution >= 0.6 is 15.9 Å². The summed E-state index contributed by atoms with van der Waals surface area (Å²) >= 11 is 3.17. The van der Waals surface area contributed by atoms with Gasteiger partial charge in [-0.05, 0) is 13.8 Å². The van der Waals surface area contributed by atoms with E-state index in [9.17, 15) is 4.79 Å². The molecule has 0 aliphatic carbocycles. The molecule has 10 heavy (non-hydrogen) atoms. The normalized spacial score (nSPS) is 11.8. The molecule has 0 saturated carbocycles. The first-order chi connectivity index (χ1) is 4.34. The molecule has 0 N–H and O–H groups in total. The second-order valence-corrected chi connectivity index (χ2v) is 4.65. The molecular formula is C6H12BrNO2. The van der Waals surface area contributed by atoms with E-state index in [4.69, 9.17) is 4.84 Å². The van der Waals surface area contributed by atoms with Gasteiger partial charge in [-0.1, -0.05) is 15.9 Å². The van der Waals surface area contributed by atoms with Crippen molar-refractivity contribution in [2.24, 2.45) is 0 Å². The molecule has 0 aromatic carbocycles. The van der Waals surface area contributed by atoms with Gasteiger partial charge in [-0.25, -0.2) is 4.79 Å². The average molecular weight is 210 g/mol. The quantitative estimate of drug-likeness (QED) is 0.506. The van der Waals surface area contributed by atoms with Crippen LogP contribution in [0.15, 0.2) is 0 Å². The van der Waals surface area contributed by atoms with Gasteiger partial charge in [0.15, 0.2) is 0 Å². The number of hydroxylamine groups is 2. The van der Waals surface area contributed by atoms with E-state index in [1.54, 1.807) is 27.9 Å². The van der Waals surface area contributed by atoms with Crippen LogP contribution in [0.5, 0.6) is 0 Å². The Bertz CT molecular complexity index is 128. The highest BCUT2D eigenvalue weighted by molar-refractivity contribution is 9.10. The summed E-state index contributed by atoms with van der Waals surface area (Å²) in [7, 11) is 3.33. The molecule has 0 saturated heterocycles. The third-order valence-corrected chi connectivity index (χ3v) is 1.07. The zero-order chi connectivity index (χ0) is 8.36. The van der Waals surface area contributed by atoms with E-state index in [2.05, 4.69) is 15.9 Å². The molecule has 0 rings (SSSR count). The van der Waals surface area contributed by atoms with Crippen molar-refractivity contribution >= 4 is 21.9 Å². The third kappa shape index (κ3) is 3.85. The van der Waals surface area contributed by atoms with Crippen LogP contribution in [0.4, 0.5) is 0 Å². The number of carbonyl (C=O) groups is 1. The lowest BCUT2D eigenvalue weighted by molar-refractivity contribution is -0.180. The summed E-state index contributed by atoms with van der Waals surface area (Å²) in [5.74, 6) is -0.294. The average Bonchev–Trinajstić information content (AvgIpc) is 1.60. The number of carbonyl (C=O) groups excluding carboxylic acids is 1. The third-order valence-electron chi connectivity index (χ3n) is 0.751. The maximum Gasteiger partial charge on any atom is 0.341 e. The lowest BCUT2D eigenvalue weighted by Gasteiger charge is -2.17. The van der Waals surface area contributed by atoms with Crippen molar-refractivity contribution in [3.8, 4) is 0 Å². The zero-order valence-electron chi connectivity index (χ0n) is 6.64. The fourth-order valence-corrected chi connectivity index (χ4v) is 0.347. The van der Waals surface area contributed by atoms with Crippen molar-refractivity contribution in [1.29, 1.82) is 0 Å². The van der Waals surface area contributed by atoms with Crippen molar-refractivity contribution in [2.75, 3.05) is 14.1 Å². The van der Waals surface area contributed by atoms with Crippen molar-refractivity contribution < 1.29 is 9.63 Å². The van der Waals surface area contributed by atoms with Gasteiger partial charge in [0.05, 0.1) is 0 Å². The Balaban J connectivity index is 3.87. The van der Waals surface area contributed by atoms with Gasteiger partial charge in [-0.2, -0.15) is 0 Å². The smallest absolute Gasteiger partial charge is 0.341 e. The standard InChI is InChI=1S/C6H12BrNO2/c1-6(2,7)5(9)10-8(3)4/h1-4H3. The maximum atomic E-state index is 11.0. The summed E-state index contributed by atoms with van der Waals surface area (Å²) in [6, 6.07) is 0. The first kappa shape index (κ1) is 9.91. The van der Waals surface area contributed by atoms with Gasteiger partial charge >= 0.3 is 5.97 Å². The van der Waals surface area contributed by atoms with Crippen LogP contribution < -0.4 is 0 Å². The number of rotatable bonds is 2. The van der Waals surface area contributed by atoms with Crippen LogP contribution in [-0.4, -0.2) is 29.5 Å². The van der Waals surface area contributed by atoms with Crippen molar-refractivity contribution in [3.63, 3.8) is 0 Å². The molecule has 0 aromatic heterocycles. The van der Waals surface area contributed by atoms with E-state index in [1.807, 2.05) is 0 Å². The Kier molecular flexibility index (Phi) is 3.31. The molecule has 0 aromatic rings. The summed E-state index contributed by atoms with van der Waals surface area (Å²) in [5.41, 5.74) is 0. The van der Waals surface area contributed by atoms with Gasteiger partial charge in [0, 0.05) is 14.1 Å². The SMILES string of the molecule is CN(C)OC(=O)C(C)(C)Br. The maximum absolute atomic E-state index is 11.0. The minimum Gasteiger partial charge on any atom is -0.367 e. The number of alkyl halides is 1. The molecule has 0 fully saturated rings. The van der Waals surface area contributed by atoms with E-state index in [-0.39, 0.29) is 5.97 Å². The summed E-state index contributed by atoms with van der Waals surface area (Å²) in [6.45, 7) is 3.47. The van der Waals surface area contributed by atoms with Gasteiger partial charge in [0.2, 0.25) is 0 Å². The second kappa shape index (κ2) is 3.34. The number of hydrogen-bond donors (Lipinski definition) is 0. The Hall–Kier alpha value is -0.0900. The Morgan fingerprint density at radius 2 is 1.90 bits per heavy atom. The molecule has 0 aliphatic heterocycles. The fraction of sp³-hybridized carbons (Fsp3) is 0.833. The van der Waals surface area contributed by atoms with Crippen molar-refractivity contribution in [1.82, 2.24) is 5.06 Å². The lowest BCUT2D eigenvalue weighted by atomic mass is 10.2. The molecule has 0 bridgehead atoms. The topological polar surface area (TPSA) is 29.5 Å². The van der Waals surface area contributed by atoms with Crippen LogP contribution in [-0.2, 0) is 9.63 Å². The van der Waals surface area contributed by atoms with E-state index in [0.717, 1.165) is 0 Å². The van der Waals surface area contributed by atoms with Gasteiger partial charge in [0.1, 0.15) is 4.32 Å². The Morgan fingerprint density at radius 3 is 2.00 bits per heavy atom. The highest BCUT2D eigenvalue weighted by atomic mass is 79.9. The Morgan fingerprint density at radius 1 is 1.50 bits per heavy atom. The summed E-state index contributed by atoms with van der Waals surface area (Å²) < 4.78 is -0.600. The van der Waals surface area contributed by atoms with Gasteiger partial charge in [0.25, 0.3) is 0 Å². The van der Waals surface area contributed by atoms with Crippen LogP contribution in [0.2, 0.25) is 0 Å². The molecule has 0 spiro atoms. The van der Waals surface area contributed by atoms with Crippen molar-refractivity contribution in [2.45, 2.75) is 18.2 Å². The zero-order valence-corrected chi connectivity index (χ0v) is 8.23. The largest absolute Gasteiger partial charge is 0.367 e. The highest BCUT2D eigenvalue weighted by Crippen LogP contribution is 2.17. The monoisotopic (exact) mass is 209 g/mol. The molecule has 0 radical (unpaired) electrons. The first-order valence-corrected chi connectivity index (χ1v) is 3.72. The lowest BCUT2D eigenvalue weighted by Crippen LogP contribution is -2.31. The summed E-state index contributed by atoms with van der Waals surface area (Å²) in [5, 5.41) is 1.37. The molecule has 4 heteroatoms. The Labute approximate surface area is 69.4 Å². The van der Waals surface area contributed by atoms with Gasteiger partial charge in [-0.15, -0.1) is 5.06 Å². The second-order valence-electron chi connectivity index (χ2n) is 2.66. The first-order valence-electron chi connectivity index (χ1n) is 2.92. The highest BCUT2D eigenvalue weighted by Gasteiger charge is 2.26. The van der Waals surface area contributed by atoms with Crippen LogP contribution in [0.25, 0.3) is 0 Å². The van der Waals surface area contributed by atoms with Gasteiger partial charge in [-0.3, -0.25) is 0 Å². The van der Waals surface area contributed by atoms with Gasteiger partial charge < -0.3 is 4.84 Å². The molecule has 0 unspecified atom stereocenters. The predicted octanol–water partition coefficient (Wildman–Crippen LogP) is 1.18. The summed E-state index contributed by atoms with van der Waals surface area (Å²) in [4.78, 5) is 15.7. The van der Waals surface area contributed by atoms with E-state index < -0.39 is 4.32 Å². The fourth-order valence-electron chi connectivity index (χ4n) is 0.274. The number of hydrogen-bond acceptors (Lipinski definition) is 3. The molecule has 0 amide bonds. The minimum atomic E-state index is -0.600. The van der Waals surface area contributed by atoms with Crippen molar-refractivity contribution in [3.05, 3.63) is 0 Å². The molecule has 0 aliphatic rings.